The molecule has 1 aromatic heterocycles. The molecule has 4 heteroatoms. The Kier molecular flexibility index (Phi) is 4.48. The normalized spacial score (nSPS) is 12.7. The molecule has 0 aliphatic heterocycles. The molecule has 0 aliphatic carbocycles. The first-order valence-electron chi connectivity index (χ1n) is 4.77. The summed E-state index contributed by atoms with van der Waals surface area (Å²) >= 11 is 15.1. The highest BCUT2D eigenvalue weighted by molar-refractivity contribution is 9.10. The summed E-state index contributed by atoms with van der Waals surface area (Å²) in [7, 11) is 0. The minimum Gasteiger partial charge on any atom is -0.152 e. The van der Waals surface area contributed by atoms with E-state index in [2.05, 4.69) is 54.8 Å². The second kappa shape index (κ2) is 5.67. The highest BCUT2D eigenvalue weighted by Crippen LogP contribution is 2.34. The quantitative estimate of drug-likeness (QED) is 0.587. The van der Waals surface area contributed by atoms with Crippen molar-refractivity contribution in [3.63, 3.8) is 0 Å². The lowest BCUT2D eigenvalue weighted by atomic mass is 10.1. The van der Waals surface area contributed by atoms with Crippen LogP contribution in [0.1, 0.15) is 16.0 Å². The summed E-state index contributed by atoms with van der Waals surface area (Å²) in [5, 5.41) is 5.07. The van der Waals surface area contributed by atoms with E-state index in [1.165, 1.54) is 5.56 Å². The van der Waals surface area contributed by atoms with E-state index in [1.807, 2.05) is 12.1 Å². The van der Waals surface area contributed by atoms with Gasteiger partial charge in [-0.25, -0.2) is 0 Å². The average Bonchev–Trinajstić information content (AvgIpc) is 2.74. The highest BCUT2D eigenvalue weighted by atomic mass is 79.9. The van der Waals surface area contributed by atoms with Crippen LogP contribution in [0.15, 0.2) is 39.5 Å². The maximum absolute atomic E-state index is 6.18. The van der Waals surface area contributed by atoms with E-state index in [9.17, 15) is 0 Å². The third kappa shape index (κ3) is 3.10. The fourth-order valence-corrected chi connectivity index (χ4v) is 3.67. The maximum atomic E-state index is 6.18. The van der Waals surface area contributed by atoms with E-state index < -0.39 is 0 Å². The van der Waals surface area contributed by atoms with E-state index in [1.54, 1.807) is 11.3 Å². The fourth-order valence-electron chi connectivity index (χ4n) is 1.48. The lowest BCUT2D eigenvalue weighted by Crippen LogP contribution is -1.95. The Morgan fingerprint density at radius 1 is 1.31 bits per heavy atom. The second-order valence-electron chi connectivity index (χ2n) is 3.47. The van der Waals surface area contributed by atoms with Crippen LogP contribution >= 0.6 is 54.8 Å². The first-order chi connectivity index (χ1) is 7.66. The van der Waals surface area contributed by atoms with Gasteiger partial charge < -0.3 is 0 Å². The zero-order chi connectivity index (χ0) is 11.5. The third-order valence-corrected chi connectivity index (χ3v) is 4.68. The molecule has 0 aliphatic rings. The zero-order valence-corrected chi connectivity index (χ0v) is 13.0. The van der Waals surface area contributed by atoms with Gasteiger partial charge in [0.05, 0.1) is 0 Å². The SMILES string of the molecule is Clc1ccc(Br)cc1C(Br)Cc1ccsc1. The van der Waals surface area contributed by atoms with E-state index >= 15 is 0 Å². The number of thiophene rings is 1. The molecule has 16 heavy (non-hydrogen) atoms. The Morgan fingerprint density at radius 3 is 2.81 bits per heavy atom. The van der Waals surface area contributed by atoms with E-state index in [0.717, 1.165) is 21.5 Å². The Labute approximate surface area is 121 Å². The van der Waals surface area contributed by atoms with Crippen LogP contribution in [0.3, 0.4) is 0 Å². The number of halogens is 3. The molecule has 0 spiro atoms. The predicted octanol–water partition coefficient (Wildman–Crippen LogP) is 5.84. The van der Waals surface area contributed by atoms with Crippen LogP contribution in [0.5, 0.6) is 0 Å². The van der Waals surface area contributed by atoms with Crippen molar-refractivity contribution >= 4 is 54.8 Å². The number of hydrogen-bond acceptors (Lipinski definition) is 1. The van der Waals surface area contributed by atoms with E-state index in [4.69, 9.17) is 11.6 Å². The van der Waals surface area contributed by atoms with Gasteiger partial charge in [-0.3, -0.25) is 0 Å². The highest BCUT2D eigenvalue weighted by Gasteiger charge is 2.12. The summed E-state index contributed by atoms with van der Waals surface area (Å²) in [6.45, 7) is 0. The summed E-state index contributed by atoms with van der Waals surface area (Å²) in [6, 6.07) is 8.08. The van der Waals surface area contributed by atoms with Gasteiger partial charge in [-0.1, -0.05) is 43.5 Å². The van der Waals surface area contributed by atoms with Gasteiger partial charge in [-0.15, -0.1) is 0 Å². The first-order valence-corrected chi connectivity index (χ1v) is 7.80. The first kappa shape index (κ1) is 12.6. The van der Waals surface area contributed by atoms with Crippen molar-refractivity contribution in [3.8, 4) is 0 Å². The second-order valence-corrected chi connectivity index (χ2v) is 6.68. The molecule has 1 unspecified atom stereocenters. The van der Waals surface area contributed by atoms with Crippen molar-refractivity contribution in [1.29, 1.82) is 0 Å². The number of rotatable bonds is 3. The van der Waals surface area contributed by atoms with Gasteiger partial charge in [0.1, 0.15) is 0 Å². The van der Waals surface area contributed by atoms with Gasteiger partial charge in [0.15, 0.2) is 0 Å². The van der Waals surface area contributed by atoms with Crippen molar-refractivity contribution in [2.75, 3.05) is 0 Å². The molecule has 2 rings (SSSR count). The standard InChI is InChI=1S/C12H9Br2ClS/c13-9-1-2-12(15)10(6-9)11(14)5-8-3-4-16-7-8/h1-4,6-7,11H,5H2. The van der Waals surface area contributed by atoms with Crippen LogP contribution in [-0.4, -0.2) is 0 Å². The summed E-state index contributed by atoms with van der Waals surface area (Å²) in [4.78, 5) is 0.257. The molecule has 0 radical (unpaired) electrons. The molecular formula is C12H9Br2ClS. The summed E-state index contributed by atoms with van der Waals surface area (Å²) < 4.78 is 1.06. The van der Waals surface area contributed by atoms with Crippen molar-refractivity contribution < 1.29 is 0 Å². The molecule has 0 N–H and O–H groups in total. The topological polar surface area (TPSA) is 0 Å². The molecule has 0 bridgehead atoms. The minimum atomic E-state index is 0.257. The van der Waals surface area contributed by atoms with E-state index in [0.29, 0.717) is 0 Å². The van der Waals surface area contributed by atoms with Crippen LogP contribution in [0.25, 0.3) is 0 Å². The molecule has 0 saturated carbocycles. The van der Waals surface area contributed by atoms with Gasteiger partial charge >= 0.3 is 0 Å². The smallest absolute Gasteiger partial charge is 0.0451 e. The number of benzene rings is 1. The molecule has 2 aromatic rings. The minimum absolute atomic E-state index is 0.257. The monoisotopic (exact) mass is 378 g/mol. The van der Waals surface area contributed by atoms with Gasteiger partial charge in [0, 0.05) is 14.3 Å². The summed E-state index contributed by atoms with van der Waals surface area (Å²) in [6.07, 6.45) is 0.958. The average molecular weight is 381 g/mol. The predicted molar refractivity (Wildman–Crippen MR) is 78.8 cm³/mol. The Bertz CT molecular complexity index is 468. The summed E-state index contributed by atoms with van der Waals surface area (Å²) in [5.74, 6) is 0. The van der Waals surface area contributed by atoms with Crippen LogP contribution in [-0.2, 0) is 6.42 Å². The van der Waals surface area contributed by atoms with Crippen molar-refractivity contribution in [2.45, 2.75) is 11.2 Å². The van der Waals surface area contributed by atoms with Gasteiger partial charge in [0.2, 0.25) is 0 Å². The molecule has 1 atom stereocenters. The molecule has 1 heterocycles. The fraction of sp³-hybridized carbons (Fsp3) is 0.167. The van der Waals surface area contributed by atoms with Crippen LogP contribution < -0.4 is 0 Å². The third-order valence-electron chi connectivity index (χ3n) is 2.29. The van der Waals surface area contributed by atoms with Crippen molar-refractivity contribution in [2.24, 2.45) is 0 Å². The molecule has 0 nitrogen and oxygen atoms in total. The Hall–Kier alpha value is 0.170. The number of alkyl halides is 1. The van der Waals surface area contributed by atoms with E-state index in [-0.39, 0.29) is 4.83 Å². The largest absolute Gasteiger partial charge is 0.152 e. The maximum Gasteiger partial charge on any atom is 0.0451 e. The molecule has 1 aromatic carbocycles. The lowest BCUT2D eigenvalue weighted by Gasteiger charge is -2.11. The lowest BCUT2D eigenvalue weighted by molar-refractivity contribution is 0.953. The van der Waals surface area contributed by atoms with Crippen LogP contribution in [0.4, 0.5) is 0 Å². The van der Waals surface area contributed by atoms with Crippen molar-refractivity contribution in [1.82, 2.24) is 0 Å². The Morgan fingerprint density at radius 2 is 2.12 bits per heavy atom. The Balaban J connectivity index is 2.20. The molecule has 84 valence electrons. The van der Waals surface area contributed by atoms with Gasteiger partial charge in [-0.2, -0.15) is 11.3 Å². The molecular weight excluding hydrogens is 371 g/mol. The van der Waals surface area contributed by atoms with Gasteiger partial charge in [-0.05, 0) is 52.6 Å². The molecule has 0 saturated heterocycles. The number of hydrogen-bond donors (Lipinski definition) is 0. The van der Waals surface area contributed by atoms with Gasteiger partial charge in [0.25, 0.3) is 0 Å². The summed E-state index contributed by atoms with van der Waals surface area (Å²) in [5.41, 5.74) is 2.46. The van der Waals surface area contributed by atoms with Crippen molar-refractivity contribution in [3.05, 3.63) is 55.6 Å². The molecule has 0 fully saturated rings. The van der Waals surface area contributed by atoms with Crippen LogP contribution in [0, 0.1) is 0 Å². The van der Waals surface area contributed by atoms with Crippen LogP contribution in [0.2, 0.25) is 5.02 Å². The zero-order valence-electron chi connectivity index (χ0n) is 8.29. The molecule has 0 amide bonds.